The van der Waals surface area contributed by atoms with Crippen LogP contribution < -0.4 is 5.73 Å². The lowest BCUT2D eigenvalue weighted by Gasteiger charge is -2.08. The van der Waals surface area contributed by atoms with Gasteiger partial charge in [-0.05, 0) is 25.8 Å². The van der Waals surface area contributed by atoms with Gasteiger partial charge >= 0.3 is 5.97 Å². The molecule has 0 aliphatic heterocycles. The molecule has 1 aromatic heterocycles. The van der Waals surface area contributed by atoms with Gasteiger partial charge in [0.05, 0.1) is 11.4 Å². The molecule has 0 saturated carbocycles. The summed E-state index contributed by atoms with van der Waals surface area (Å²) in [5, 5.41) is 4.22. The molecule has 5 heteroatoms. The molecule has 5 nitrogen and oxygen atoms in total. The molecular formula is C16H21N3O2. The van der Waals surface area contributed by atoms with Crippen LogP contribution in [-0.2, 0) is 24.8 Å². The first-order chi connectivity index (χ1) is 9.92. The first kappa shape index (κ1) is 15.1. The van der Waals surface area contributed by atoms with E-state index < -0.39 is 5.97 Å². The number of nitrogens with zero attached hydrogens (tertiary/aromatic N) is 2. The number of nitrogen functional groups attached to an aromatic ring is 1. The number of carbonyl (C=O) groups excluding carboxylic acids is 1. The molecule has 0 fully saturated rings. The summed E-state index contributed by atoms with van der Waals surface area (Å²) in [5.41, 5.74) is 10.7. The van der Waals surface area contributed by atoms with E-state index >= 15 is 0 Å². The van der Waals surface area contributed by atoms with Gasteiger partial charge in [0.2, 0.25) is 0 Å². The molecule has 0 unspecified atom stereocenters. The van der Waals surface area contributed by atoms with Gasteiger partial charge in [-0.15, -0.1) is 0 Å². The fraction of sp³-hybridized carbons (Fsp3) is 0.375. The molecule has 0 radical (unpaired) electrons. The lowest BCUT2D eigenvalue weighted by molar-refractivity contribution is 0.0461. The number of hydrogen-bond acceptors (Lipinski definition) is 4. The highest BCUT2D eigenvalue weighted by atomic mass is 16.5. The third-order valence-corrected chi connectivity index (χ3v) is 3.34. The Hall–Kier alpha value is -2.30. The van der Waals surface area contributed by atoms with Crippen molar-refractivity contribution in [2.24, 2.45) is 7.05 Å². The van der Waals surface area contributed by atoms with Gasteiger partial charge in [0.15, 0.2) is 5.69 Å². The van der Waals surface area contributed by atoms with Gasteiger partial charge in [0.1, 0.15) is 6.61 Å². The topological polar surface area (TPSA) is 70.1 Å². The average molecular weight is 287 g/mol. The molecule has 21 heavy (non-hydrogen) atoms. The van der Waals surface area contributed by atoms with Crippen LogP contribution in [0.15, 0.2) is 18.2 Å². The number of rotatable bonds is 4. The zero-order valence-electron chi connectivity index (χ0n) is 12.9. The van der Waals surface area contributed by atoms with Crippen LogP contribution in [0.25, 0.3) is 0 Å². The van der Waals surface area contributed by atoms with E-state index in [9.17, 15) is 4.79 Å². The highest BCUT2D eigenvalue weighted by molar-refractivity contribution is 5.93. The maximum absolute atomic E-state index is 12.2. The van der Waals surface area contributed by atoms with Crippen LogP contribution in [-0.4, -0.2) is 15.7 Å². The van der Waals surface area contributed by atoms with Crippen LogP contribution in [0.3, 0.4) is 0 Å². The van der Waals surface area contributed by atoms with E-state index in [-0.39, 0.29) is 6.61 Å². The van der Waals surface area contributed by atoms with Crippen LogP contribution in [0.1, 0.15) is 39.8 Å². The van der Waals surface area contributed by atoms with Crippen molar-refractivity contribution in [2.45, 2.75) is 33.8 Å². The fourth-order valence-corrected chi connectivity index (χ4v) is 2.47. The van der Waals surface area contributed by atoms with Crippen LogP contribution in [0.5, 0.6) is 0 Å². The lowest BCUT2D eigenvalue weighted by Crippen LogP contribution is -2.12. The molecule has 0 saturated heterocycles. The molecule has 112 valence electrons. The first-order valence-electron chi connectivity index (χ1n) is 6.98. The largest absolute Gasteiger partial charge is 0.456 e. The number of ether oxygens (including phenoxy) is 1. The molecule has 0 amide bonds. The Balaban J connectivity index is 2.13. The quantitative estimate of drug-likeness (QED) is 0.877. The van der Waals surface area contributed by atoms with Crippen LogP contribution >= 0.6 is 0 Å². The molecule has 2 aromatic rings. The van der Waals surface area contributed by atoms with Crippen molar-refractivity contribution < 1.29 is 9.53 Å². The van der Waals surface area contributed by atoms with Crippen molar-refractivity contribution in [3.8, 4) is 0 Å². The van der Waals surface area contributed by atoms with E-state index in [2.05, 4.69) is 11.2 Å². The second kappa shape index (κ2) is 5.99. The van der Waals surface area contributed by atoms with Crippen molar-refractivity contribution in [3.05, 3.63) is 46.3 Å². The summed E-state index contributed by atoms with van der Waals surface area (Å²) in [6, 6.07) is 6.09. The van der Waals surface area contributed by atoms with Gasteiger partial charge in [-0.1, -0.05) is 36.2 Å². The zero-order valence-corrected chi connectivity index (χ0v) is 12.9. The Morgan fingerprint density at radius 1 is 1.29 bits per heavy atom. The molecule has 0 spiro atoms. The Morgan fingerprint density at radius 2 is 1.90 bits per heavy atom. The number of aryl methyl sites for hydroxylation is 4. The van der Waals surface area contributed by atoms with Crippen molar-refractivity contribution in [1.82, 2.24) is 9.78 Å². The van der Waals surface area contributed by atoms with Gasteiger partial charge < -0.3 is 10.5 Å². The van der Waals surface area contributed by atoms with Crippen LogP contribution in [0, 0.1) is 13.8 Å². The molecular weight excluding hydrogens is 266 g/mol. The normalized spacial score (nSPS) is 10.7. The van der Waals surface area contributed by atoms with Crippen LogP contribution in [0.4, 0.5) is 5.69 Å². The molecule has 1 heterocycles. The number of nitrogens with two attached hydrogens (primary N) is 1. The average Bonchev–Trinajstić information content (AvgIpc) is 2.69. The second-order valence-corrected chi connectivity index (χ2v) is 5.26. The fourth-order valence-electron chi connectivity index (χ4n) is 2.47. The summed E-state index contributed by atoms with van der Waals surface area (Å²) < 4.78 is 6.85. The second-order valence-electron chi connectivity index (χ2n) is 5.26. The van der Waals surface area contributed by atoms with Gasteiger partial charge in [0.25, 0.3) is 0 Å². The third kappa shape index (κ3) is 3.24. The summed E-state index contributed by atoms with van der Waals surface area (Å²) in [5.74, 6) is -0.443. The summed E-state index contributed by atoms with van der Waals surface area (Å²) in [6.45, 7) is 6.21. The van der Waals surface area contributed by atoms with E-state index in [1.165, 1.54) is 4.68 Å². The SMILES string of the molecule is CCc1nn(C)c(C(=O)OCc2cc(C)cc(C)c2)c1N. The predicted octanol–water partition coefficient (Wildman–Crippen LogP) is 2.54. The van der Waals surface area contributed by atoms with E-state index in [0.717, 1.165) is 22.4 Å². The smallest absolute Gasteiger partial charge is 0.359 e. The summed E-state index contributed by atoms with van der Waals surface area (Å²) in [4.78, 5) is 12.2. The van der Waals surface area contributed by atoms with E-state index in [1.54, 1.807) is 7.05 Å². The number of hydrogen-bond donors (Lipinski definition) is 1. The molecule has 0 bridgehead atoms. The van der Waals surface area contributed by atoms with Crippen molar-refractivity contribution in [2.75, 3.05) is 5.73 Å². The number of carbonyl (C=O) groups is 1. The summed E-state index contributed by atoms with van der Waals surface area (Å²) >= 11 is 0. The summed E-state index contributed by atoms with van der Waals surface area (Å²) in [7, 11) is 1.70. The van der Waals surface area contributed by atoms with Crippen molar-refractivity contribution >= 4 is 11.7 Å². The Kier molecular flexibility index (Phi) is 4.31. The van der Waals surface area contributed by atoms with E-state index in [1.807, 2.05) is 32.9 Å². The third-order valence-electron chi connectivity index (χ3n) is 3.34. The predicted molar refractivity (Wildman–Crippen MR) is 82.0 cm³/mol. The number of benzene rings is 1. The lowest BCUT2D eigenvalue weighted by atomic mass is 10.1. The minimum atomic E-state index is -0.443. The zero-order chi connectivity index (χ0) is 15.6. The molecule has 1 aromatic carbocycles. The molecule has 0 aliphatic rings. The standard InChI is InChI=1S/C16H21N3O2/c1-5-13-14(17)15(19(4)18-13)16(20)21-9-12-7-10(2)6-11(3)8-12/h6-8H,5,9,17H2,1-4H3. The van der Waals surface area contributed by atoms with Crippen molar-refractivity contribution in [1.29, 1.82) is 0 Å². The highest BCUT2D eigenvalue weighted by Gasteiger charge is 2.20. The van der Waals surface area contributed by atoms with Crippen LogP contribution in [0.2, 0.25) is 0 Å². The summed E-state index contributed by atoms with van der Waals surface area (Å²) in [6.07, 6.45) is 0.685. The Labute approximate surface area is 124 Å². The minimum Gasteiger partial charge on any atom is -0.456 e. The van der Waals surface area contributed by atoms with E-state index in [0.29, 0.717) is 17.8 Å². The van der Waals surface area contributed by atoms with Crippen molar-refractivity contribution in [3.63, 3.8) is 0 Å². The van der Waals surface area contributed by atoms with Gasteiger partial charge in [-0.25, -0.2) is 4.79 Å². The Bertz CT molecular complexity index is 654. The molecule has 2 N–H and O–H groups in total. The maximum Gasteiger partial charge on any atom is 0.359 e. The number of anilines is 1. The van der Waals surface area contributed by atoms with Gasteiger partial charge in [-0.3, -0.25) is 4.68 Å². The molecule has 2 rings (SSSR count). The maximum atomic E-state index is 12.2. The van der Waals surface area contributed by atoms with Gasteiger partial charge in [-0.2, -0.15) is 5.10 Å². The van der Waals surface area contributed by atoms with E-state index in [4.69, 9.17) is 10.5 Å². The Morgan fingerprint density at radius 3 is 2.43 bits per heavy atom. The molecule has 0 atom stereocenters. The number of aromatic nitrogens is 2. The van der Waals surface area contributed by atoms with Gasteiger partial charge in [0, 0.05) is 7.05 Å². The first-order valence-corrected chi connectivity index (χ1v) is 6.98. The minimum absolute atomic E-state index is 0.230. The number of esters is 1. The monoisotopic (exact) mass is 287 g/mol. The molecule has 0 aliphatic carbocycles. The highest BCUT2D eigenvalue weighted by Crippen LogP contribution is 2.19.